The fraction of sp³-hybridized carbons (Fsp3) is 0.0741. The van der Waals surface area contributed by atoms with E-state index in [4.69, 9.17) is 9.97 Å². The number of rotatable bonds is 6. The highest BCUT2D eigenvalue weighted by Gasteiger charge is 2.15. The second kappa shape index (κ2) is 8.86. The van der Waals surface area contributed by atoms with E-state index < -0.39 is 0 Å². The van der Waals surface area contributed by atoms with Gasteiger partial charge in [0.25, 0.3) is 0 Å². The Morgan fingerprint density at radius 1 is 0.719 bits per heavy atom. The summed E-state index contributed by atoms with van der Waals surface area (Å²) >= 11 is 0. The van der Waals surface area contributed by atoms with Gasteiger partial charge in [0, 0.05) is 30.9 Å². The Bertz CT molecular complexity index is 1400. The third kappa shape index (κ3) is 4.14. The Morgan fingerprint density at radius 2 is 1.34 bits per heavy atom. The Kier molecular flexibility index (Phi) is 5.45. The number of nitrogens with one attached hydrogen (secondary N) is 1. The number of benzene rings is 3. The van der Waals surface area contributed by atoms with Gasteiger partial charge in [0.1, 0.15) is 16.9 Å². The van der Waals surface area contributed by atoms with Gasteiger partial charge in [0.05, 0.1) is 0 Å². The molecule has 32 heavy (non-hydrogen) atoms. The van der Waals surface area contributed by atoms with Crippen LogP contribution in [0.1, 0.15) is 11.1 Å². The molecule has 0 fully saturated rings. The zero-order valence-electron chi connectivity index (χ0n) is 17.5. The summed E-state index contributed by atoms with van der Waals surface area (Å²) in [7, 11) is 0. The predicted molar refractivity (Wildman–Crippen MR) is 129 cm³/mol. The zero-order chi connectivity index (χ0) is 21.8. The number of hydrogen-bond acceptors (Lipinski definition) is 4. The lowest BCUT2D eigenvalue weighted by Crippen LogP contribution is -2.15. The molecule has 0 radical (unpaired) electrons. The van der Waals surface area contributed by atoms with Crippen molar-refractivity contribution >= 4 is 16.9 Å². The quantitative estimate of drug-likeness (QED) is 0.416. The first kappa shape index (κ1) is 19.7. The van der Waals surface area contributed by atoms with E-state index in [1.165, 1.54) is 0 Å². The van der Waals surface area contributed by atoms with Crippen LogP contribution in [0.4, 0.5) is 5.82 Å². The largest absolute Gasteiger partial charge is 0.365 e. The summed E-state index contributed by atoms with van der Waals surface area (Å²) < 4.78 is 2.01. The average molecular weight is 419 g/mol. The van der Waals surface area contributed by atoms with Gasteiger partial charge >= 0.3 is 0 Å². The van der Waals surface area contributed by atoms with Gasteiger partial charge in [-0.2, -0.15) is 0 Å². The van der Waals surface area contributed by atoms with Crippen molar-refractivity contribution in [3.05, 3.63) is 125 Å². The molecule has 5 rings (SSSR count). The Hall–Kier alpha value is -4.25. The van der Waals surface area contributed by atoms with Gasteiger partial charge in [-0.25, -0.2) is 9.97 Å². The van der Waals surface area contributed by atoms with E-state index in [2.05, 4.69) is 17.4 Å². The highest BCUT2D eigenvalue weighted by Crippen LogP contribution is 2.24. The number of fused-ring (bicyclic) bond motifs is 1. The van der Waals surface area contributed by atoms with Gasteiger partial charge in [-0.1, -0.05) is 91.0 Å². The van der Waals surface area contributed by atoms with E-state index in [1.54, 1.807) is 12.3 Å². The molecular weight excluding hydrogens is 396 g/mol. The third-order valence-electron chi connectivity index (χ3n) is 5.34. The van der Waals surface area contributed by atoms with Crippen LogP contribution in [-0.2, 0) is 13.1 Å². The normalized spacial score (nSPS) is 10.9. The maximum atomic E-state index is 12.9. The number of anilines is 1. The number of pyridine rings is 1. The molecule has 0 amide bonds. The number of aromatic nitrogens is 3. The summed E-state index contributed by atoms with van der Waals surface area (Å²) in [5.74, 6) is 1.13. The first-order valence-electron chi connectivity index (χ1n) is 10.6. The third-order valence-corrected chi connectivity index (χ3v) is 5.34. The second-order valence-electron chi connectivity index (χ2n) is 7.59. The van der Waals surface area contributed by atoms with Crippen molar-refractivity contribution in [3.63, 3.8) is 0 Å². The molecule has 0 bridgehead atoms. The van der Waals surface area contributed by atoms with Crippen molar-refractivity contribution in [2.75, 3.05) is 5.32 Å². The predicted octanol–water partition coefficient (Wildman–Crippen LogP) is 5.12. The van der Waals surface area contributed by atoms with Gasteiger partial charge in [-0.05, 0) is 11.1 Å². The molecule has 0 saturated carbocycles. The molecule has 0 aliphatic heterocycles. The summed E-state index contributed by atoms with van der Waals surface area (Å²) in [6, 6.07) is 31.6. The SMILES string of the molecule is O=c1ccn(Cc2ccccc2)c2nc(-c3ccccc3)nc(NCc3ccccc3)c12. The molecule has 3 aromatic carbocycles. The average Bonchev–Trinajstić information content (AvgIpc) is 2.86. The molecule has 1 N–H and O–H groups in total. The molecule has 0 saturated heterocycles. The van der Waals surface area contributed by atoms with Gasteiger partial charge in [-0.15, -0.1) is 0 Å². The molecule has 2 heterocycles. The topological polar surface area (TPSA) is 59.8 Å². The molecule has 0 unspecified atom stereocenters. The molecule has 0 aliphatic carbocycles. The fourth-order valence-corrected chi connectivity index (χ4v) is 3.73. The summed E-state index contributed by atoms with van der Waals surface area (Å²) in [5.41, 5.74) is 3.67. The van der Waals surface area contributed by atoms with E-state index in [1.807, 2.05) is 83.4 Å². The smallest absolute Gasteiger partial charge is 0.194 e. The van der Waals surface area contributed by atoms with E-state index in [0.717, 1.165) is 16.7 Å². The van der Waals surface area contributed by atoms with Crippen LogP contribution in [0.5, 0.6) is 0 Å². The molecule has 5 aromatic rings. The maximum absolute atomic E-state index is 12.9. The summed E-state index contributed by atoms with van der Waals surface area (Å²) in [5, 5.41) is 3.88. The van der Waals surface area contributed by atoms with Crippen molar-refractivity contribution in [2.45, 2.75) is 13.1 Å². The van der Waals surface area contributed by atoms with Crippen LogP contribution in [0.3, 0.4) is 0 Å². The van der Waals surface area contributed by atoms with Crippen molar-refractivity contribution in [2.24, 2.45) is 0 Å². The number of nitrogens with zero attached hydrogens (tertiary/aromatic N) is 3. The van der Waals surface area contributed by atoms with Crippen LogP contribution in [0.25, 0.3) is 22.4 Å². The minimum Gasteiger partial charge on any atom is -0.365 e. The van der Waals surface area contributed by atoms with Crippen LogP contribution in [-0.4, -0.2) is 14.5 Å². The van der Waals surface area contributed by atoms with E-state index >= 15 is 0 Å². The first-order valence-corrected chi connectivity index (χ1v) is 10.6. The molecule has 156 valence electrons. The lowest BCUT2D eigenvalue weighted by Gasteiger charge is -2.15. The first-order chi connectivity index (χ1) is 15.8. The van der Waals surface area contributed by atoms with Crippen LogP contribution in [0.15, 0.2) is 108 Å². The maximum Gasteiger partial charge on any atom is 0.194 e. The zero-order valence-corrected chi connectivity index (χ0v) is 17.5. The Balaban J connectivity index is 1.66. The Morgan fingerprint density at radius 3 is 2.03 bits per heavy atom. The van der Waals surface area contributed by atoms with E-state index in [9.17, 15) is 4.79 Å². The van der Waals surface area contributed by atoms with Crippen LogP contribution < -0.4 is 10.7 Å². The highest BCUT2D eigenvalue weighted by atomic mass is 16.1. The molecule has 0 spiro atoms. The molecule has 5 heteroatoms. The van der Waals surface area contributed by atoms with Crippen LogP contribution >= 0.6 is 0 Å². The summed E-state index contributed by atoms with van der Waals surface area (Å²) in [6.45, 7) is 1.18. The van der Waals surface area contributed by atoms with Gasteiger partial charge in [0.2, 0.25) is 0 Å². The lowest BCUT2D eigenvalue weighted by molar-refractivity contribution is 0.811. The molecule has 0 atom stereocenters. The van der Waals surface area contributed by atoms with Crippen molar-refractivity contribution in [1.82, 2.24) is 14.5 Å². The second-order valence-corrected chi connectivity index (χ2v) is 7.59. The van der Waals surface area contributed by atoms with Crippen LogP contribution in [0, 0.1) is 0 Å². The minimum atomic E-state index is -0.0977. The van der Waals surface area contributed by atoms with Crippen molar-refractivity contribution in [1.29, 1.82) is 0 Å². The summed E-state index contributed by atoms with van der Waals surface area (Å²) in [4.78, 5) is 22.5. The number of hydrogen-bond donors (Lipinski definition) is 1. The standard InChI is InChI=1S/C27H22N4O/c32-23-16-17-31(19-21-12-6-2-7-13-21)27-24(23)26(28-18-20-10-4-1-5-11-20)29-25(30-27)22-14-8-3-9-15-22/h1-17H,18-19H2,(H,28,29,30). The summed E-state index contributed by atoms with van der Waals surface area (Å²) in [6.07, 6.45) is 1.81. The van der Waals surface area contributed by atoms with Gasteiger partial charge in [0.15, 0.2) is 11.3 Å². The monoisotopic (exact) mass is 418 g/mol. The molecule has 5 nitrogen and oxygen atoms in total. The van der Waals surface area contributed by atoms with E-state index in [-0.39, 0.29) is 5.43 Å². The fourth-order valence-electron chi connectivity index (χ4n) is 3.73. The van der Waals surface area contributed by atoms with E-state index in [0.29, 0.717) is 35.8 Å². The molecular formula is C27H22N4O. The minimum absolute atomic E-state index is 0.0977. The Labute approximate surface area is 186 Å². The highest BCUT2D eigenvalue weighted by molar-refractivity contribution is 5.88. The van der Waals surface area contributed by atoms with Gasteiger partial charge in [-0.3, -0.25) is 4.79 Å². The van der Waals surface area contributed by atoms with Gasteiger partial charge < -0.3 is 9.88 Å². The van der Waals surface area contributed by atoms with Crippen molar-refractivity contribution < 1.29 is 0 Å². The molecule has 2 aromatic heterocycles. The van der Waals surface area contributed by atoms with Crippen molar-refractivity contribution in [3.8, 4) is 11.4 Å². The lowest BCUT2D eigenvalue weighted by atomic mass is 10.2. The molecule has 0 aliphatic rings. The van der Waals surface area contributed by atoms with Crippen LogP contribution in [0.2, 0.25) is 0 Å².